The Bertz CT molecular complexity index is 1020. The summed E-state index contributed by atoms with van der Waals surface area (Å²) in [5, 5.41) is 5.16. The number of esters is 1. The van der Waals surface area contributed by atoms with Gasteiger partial charge in [-0.05, 0) is 42.8 Å². The van der Waals surface area contributed by atoms with E-state index in [0.29, 0.717) is 12.1 Å². The van der Waals surface area contributed by atoms with Gasteiger partial charge in [-0.25, -0.2) is 4.79 Å². The SMILES string of the molecule is CCCCCCCCCCCCCCCC(=O)Nc1ccc(NC(=O)C(F)(Oc2ccccc2)C(=O)OC)cc1. The van der Waals surface area contributed by atoms with Crippen LogP contribution in [0.15, 0.2) is 54.6 Å². The fourth-order valence-corrected chi connectivity index (χ4v) is 4.34. The van der Waals surface area contributed by atoms with Gasteiger partial charge in [0.05, 0.1) is 7.11 Å². The number of halogens is 1. The molecule has 1 atom stereocenters. The van der Waals surface area contributed by atoms with Crippen molar-refractivity contribution in [3.8, 4) is 5.75 Å². The van der Waals surface area contributed by atoms with Gasteiger partial charge in [-0.3, -0.25) is 9.59 Å². The van der Waals surface area contributed by atoms with E-state index in [4.69, 9.17) is 4.74 Å². The normalized spacial score (nSPS) is 12.3. The number of hydrogen-bond acceptors (Lipinski definition) is 5. The lowest BCUT2D eigenvalue weighted by Gasteiger charge is -2.22. The lowest BCUT2D eigenvalue weighted by Crippen LogP contribution is -2.51. The summed E-state index contributed by atoms with van der Waals surface area (Å²) in [6, 6.07) is 13.9. The molecule has 0 radical (unpaired) electrons. The number of carbonyl (C=O) groups excluding carboxylic acids is 3. The molecule has 0 aromatic heterocycles. The second kappa shape index (κ2) is 18.8. The first kappa shape index (κ1) is 32.8. The molecule has 0 aliphatic heterocycles. The molecular formula is C32H45FN2O5. The van der Waals surface area contributed by atoms with Crippen LogP contribution in [-0.2, 0) is 19.1 Å². The van der Waals surface area contributed by atoms with Crippen LogP contribution in [0.5, 0.6) is 5.75 Å². The molecule has 2 aromatic rings. The fraction of sp³-hybridized carbons (Fsp3) is 0.531. The number of ether oxygens (including phenoxy) is 2. The molecule has 2 rings (SSSR count). The Balaban J connectivity index is 1.66. The van der Waals surface area contributed by atoms with Crippen LogP contribution in [0.4, 0.5) is 15.8 Å². The van der Waals surface area contributed by atoms with Crippen LogP contribution < -0.4 is 15.4 Å². The van der Waals surface area contributed by atoms with Crippen molar-refractivity contribution in [1.82, 2.24) is 0 Å². The van der Waals surface area contributed by atoms with Gasteiger partial charge in [0, 0.05) is 17.8 Å². The summed E-state index contributed by atoms with van der Waals surface area (Å²) >= 11 is 0. The summed E-state index contributed by atoms with van der Waals surface area (Å²) in [4.78, 5) is 37.0. The molecule has 0 fully saturated rings. The zero-order valence-corrected chi connectivity index (χ0v) is 24.0. The molecule has 220 valence electrons. The average molecular weight is 557 g/mol. The molecule has 7 nitrogen and oxygen atoms in total. The molecule has 0 spiro atoms. The van der Waals surface area contributed by atoms with E-state index in [1.807, 2.05) is 0 Å². The molecule has 40 heavy (non-hydrogen) atoms. The zero-order valence-electron chi connectivity index (χ0n) is 24.0. The zero-order chi connectivity index (χ0) is 29.1. The van der Waals surface area contributed by atoms with Gasteiger partial charge in [-0.15, -0.1) is 0 Å². The quantitative estimate of drug-likeness (QED) is 0.0980. The summed E-state index contributed by atoms with van der Waals surface area (Å²) in [5.74, 6) is -6.28. The van der Waals surface area contributed by atoms with Crippen molar-refractivity contribution in [3.63, 3.8) is 0 Å². The van der Waals surface area contributed by atoms with E-state index in [-0.39, 0.29) is 17.3 Å². The maximum Gasteiger partial charge on any atom is 0.425 e. The van der Waals surface area contributed by atoms with Gasteiger partial charge in [0.25, 0.3) is 0 Å². The Morgan fingerprint density at radius 1 is 0.700 bits per heavy atom. The number of alkyl halides is 1. The number of anilines is 2. The molecule has 2 N–H and O–H groups in total. The number of hydrogen-bond donors (Lipinski definition) is 2. The van der Waals surface area contributed by atoms with Crippen LogP contribution in [0, 0.1) is 0 Å². The molecule has 0 heterocycles. The first-order valence-electron chi connectivity index (χ1n) is 14.6. The molecule has 0 aliphatic rings. The minimum absolute atomic E-state index is 0.00731. The van der Waals surface area contributed by atoms with Crippen molar-refractivity contribution < 1.29 is 28.2 Å². The van der Waals surface area contributed by atoms with E-state index in [1.54, 1.807) is 30.3 Å². The molecule has 8 heteroatoms. The number of unbranched alkanes of at least 4 members (excludes halogenated alkanes) is 12. The monoisotopic (exact) mass is 556 g/mol. The lowest BCUT2D eigenvalue weighted by atomic mass is 10.0. The number of amides is 2. The summed E-state index contributed by atoms with van der Waals surface area (Å²) in [6.07, 6.45) is 16.7. The largest absolute Gasteiger partial charge is 0.463 e. The Kier molecular flexibility index (Phi) is 15.4. The first-order valence-corrected chi connectivity index (χ1v) is 14.6. The first-order chi connectivity index (χ1) is 19.4. The van der Waals surface area contributed by atoms with Gasteiger partial charge in [0.1, 0.15) is 5.75 Å². The van der Waals surface area contributed by atoms with Crippen LogP contribution >= 0.6 is 0 Å². The Labute approximate surface area is 238 Å². The predicted octanol–water partition coefficient (Wildman–Crippen LogP) is 7.96. The Hall–Kier alpha value is -3.42. The Morgan fingerprint density at radius 2 is 1.18 bits per heavy atom. The highest BCUT2D eigenvalue weighted by atomic mass is 19.2. The molecule has 0 aliphatic carbocycles. The average Bonchev–Trinajstić information content (AvgIpc) is 2.96. The van der Waals surface area contributed by atoms with Crippen molar-refractivity contribution in [3.05, 3.63) is 54.6 Å². The maximum absolute atomic E-state index is 15.3. The highest BCUT2D eigenvalue weighted by Gasteiger charge is 2.51. The summed E-state index contributed by atoms with van der Waals surface area (Å²) in [6.45, 7) is 2.25. The van der Waals surface area contributed by atoms with E-state index < -0.39 is 17.7 Å². The highest BCUT2D eigenvalue weighted by molar-refractivity contribution is 6.10. The van der Waals surface area contributed by atoms with Crippen molar-refractivity contribution in [2.45, 2.75) is 103 Å². The molecule has 2 amide bonds. The van der Waals surface area contributed by atoms with Crippen molar-refractivity contribution in [2.75, 3.05) is 17.7 Å². The van der Waals surface area contributed by atoms with Gasteiger partial charge >= 0.3 is 17.7 Å². The van der Waals surface area contributed by atoms with E-state index in [1.165, 1.54) is 88.5 Å². The third kappa shape index (κ3) is 12.2. The highest BCUT2D eigenvalue weighted by Crippen LogP contribution is 2.24. The van der Waals surface area contributed by atoms with Crippen molar-refractivity contribution in [1.29, 1.82) is 0 Å². The van der Waals surface area contributed by atoms with E-state index in [2.05, 4.69) is 22.3 Å². The number of methoxy groups -OCH3 is 1. The molecule has 0 bridgehead atoms. The van der Waals surface area contributed by atoms with Crippen molar-refractivity contribution >= 4 is 29.2 Å². The standard InChI is InChI=1S/C32H45FN2O5/c1-3-4-5-6-7-8-9-10-11-12-13-14-18-21-29(36)34-26-22-24-27(25-23-26)35-30(37)32(33,31(38)39-2)40-28-19-16-15-17-20-28/h15-17,19-20,22-25H,3-14,18,21H2,1-2H3,(H,34,36)(H,35,37). The van der Waals surface area contributed by atoms with Crippen LogP contribution in [0.3, 0.4) is 0 Å². The van der Waals surface area contributed by atoms with Crippen molar-refractivity contribution in [2.24, 2.45) is 0 Å². The third-order valence-electron chi connectivity index (χ3n) is 6.68. The van der Waals surface area contributed by atoms with Crippen LogP contribution in [0.2, 0.25) is 0 Å². The van der Waals surface area contributed by atoms with E-state index in [9.17, 15) is 14.4 Å². The molecule has 0 saturated carbocycles. The molecule has 0 saturated heterocycles. The Morgan fingerprint density at radius 3 is 1.68 bits per heavy atom. The minimum atomic E-state index is -3.38. The predicted molar refractivity (Wildman–Crippen MR) is 157 cm³/mol. The van der Waals surface area contributed by atoms with Gasteiger partial charge in [0.15, 0.2) is 0 Å². The molecular weight excluding hydrogens is 511 g/mol. The smallest absolute Gasteiger partial charge is 0.425 e. The number of rotatable bonds is 20. The number of para-hydroxylation sites is 1. The van der Waals surface area contributed by atoms with Gasteiger partial charge < -0.3 is 20.1 Å². The second-order valence-corrected chi connectivity index (χ2v) is 10.1. The van der Waals surface area contributed by atoms with Gasteiger partial charge in [-0.1, -0.05) is 102 Å². The number of carbonyl (C=O) groups is 3. The molecule has 2 aromatic carbocycles. The maximum atomic E-state index is 15.3. The second-order valence-electron chi connectivity index (χ2n) is 10.1. The summed E-state index contributed by atoms with van der Waals surface area (Å²) in [7, 11) is 0.966. The van der Waals surface area contributed by atoms with Crippen LogP contribution in [0.1, 0.15) is 96.8 Å². The fourth-order valence-electron chi connectivity index (χ4n) is 4.34. The minimum Gasteiger partial charge on any atom is -0.463 e. The van der Waals surface area contributed by atoms with Crippen LogP contribution in [0.25, 0.3) is 0 Å². The number of nitrogens with one attached hydrogen (secondary N) is 2. The van der Waals surface area contributed by atoms with E-state index >= 15 is 4.39 Å². The summed E-state index contributed by atoms with van der Waals surface area (Å²) in [5.41, 5.74) is 0.778. The van der Waals surface area contributed by atoms with Crippen LogP contribution in [-0.4, -0.2) is 30.7 Å². The lowest BCUT2D eigenvalue weighted by molar-refractivity contribution is -0.181. The summed E-state index contributed by atoms with van der Waals surface area (Å²) < 4.78 is 24.9. The number of benzene rings is 2. The topological polar surface area (TPSA) is 93.7 Å². The third-order valence-corrected chi connectivity index (χ3v) is 6.68. The molecule has 1 unspecified atom stereocenters. The van der Waals surface area contributed by atoms with Gasteiger partial charge in [0.2, 0.25) is 5.91 Å². The van der Waals surface area contributed by atoms with E-state index in [0.717, 1.165) is 26.4 Å². The van der Waals surface area contributed by atoms with Gasteiger partial charge in [-0.2, -0.15) is 4.39 Å².